The molecule has 0 aliphatic heterocycles. The number of pyridine rings is 1. The molecule has 0 saturated carbocycles. The molecule has 0 aromatic carbocycles. The summed E-state index contributed by atoms with van der Waals surface area (Å²) in [5.41, 5.74) is 7.60. The minimum Gasteiger partial charge on any atom is -0.469 e. The molecule has 0 saturated heterocycles. The molecule has 3 heterocycles. The van der Waals surface area contributed by atoms with E-state index in [4.69, 9.17) is 14.7 Å². The molecule has 3 rings (SSSR count). The molecular formula is C14H13N3O2. The highest BCUT2D eigenvalue weighted by Crippen LogP contribution is 2.29. The van der Waals surface area contributed by atoms with Crippen LogP contribution in [0.3, 0.4) is 0 Å². The molecule has 3 aromatic heterocycles. The maximum atomic E-state index is 5.87. The molecule has 0 atom stereocenters. The van der Waals surface area contributed by atoms with Gasteiger partial charge in [-0.1, -0.05) is 11.2 Å². The number of hydrogen-bond acceptors (Lipinski definition) is 5. The standard InChI is InChI=1S/C14H13N3O2/c15-14-13(10-3-1-7-16-9-10)12(19-17-14)6-5-11-4-2-8-18-11/h1-4,7-9H,5-6H2,(H2,15,17). The summed E-state index contributed by atoms with van der Waals surface area (Å²) in [6.07, 6.45) is 6.55. The number of aromatic nitrogens is 2. The Hall–Kier alpha value is -2.56. The van der Waals surface area contributed by atoms with E-state index in [0.717, 1.165) is 29.1 Å². The zero-order chi connectivity index (χ0) is 13.1. The van der Waals surface area contributed by atoms with Gasteiger partial charge in [0.05, 0.1) is 11.8 Å². The van der Waals surface area contributed by atoms with Gasteiger partial charge in [-0.05, 0) is 18.2 Å². The first kappa shape index (κ1) is 11.5. The van der Waals surface area contributed by atoms with E-state index < -0.39 is 0 Å². The highest BCUT2D eigenvalue weighted by atomic mass is 16.5. The average molecular weight is 255 g/mol. The Morgan fingerprint density at radius 1 is 1.16 bits per heavy atom. The van der Waals surface area contributed by atoms with E-state index in [1.54, 1.807) is 18.7 Å². The van der Waals surface area contributed by atoms with Crippen molar-refractivity contribution in [1.82, 2.24) is 10.1 Å². The van der Waals surface area contributed by atoms with Crippen molar-refractivity contribution < 1.29 is 8.94 Å². The van der Waals surface area contributed by atoms with Crippen molar-refractivity contribution >= 4 is 5.82 Å². The Labute approximate surface area is 110 Å². The topological polar surface area (TPSA) is 78.1 Å². The quantitative estimate of drug-likeness (QED) is 0.775. The molecule has 0 fully saturated rings. The summed E-state index contributed by atoms with van der Waals surface area (Å²) in [5.74, 6) is 2.05. The minimum absolute atomic E-state index is 0.391. The van der Waals surface area contributed by atoms with Crippen molar-refractivity contribution in [1.29, 1.82) is 0 Å². The smallest absolute Gasteiger partial charge is 0.175 e. The van der Waals surface area contributed by atoms with Crippen LogP contribution < -0.4 is 5.73 Å². The largest absolute Gasteiger partial charge is 0.469 e. The van der Waals surface area contributed by atoms with E-state index in [0.29, 0.717) is 12.2 Å². The number of anilines is 1. The van der Waals surface area contributed by atoms with Crippen LogP contribution in [0.25, 0.3) is 11.1 Å². The fourth-order valence-electron chi connectivity index (χ4n) is 2.02. The van der Waals surface area contributed by atoms with Crippen LogP contribution in [0.2, 0.25) is 0 Å². The highest BCUT2D eigenvalue weighted by molar-refractivity contribution is 5.74. The lowest BCUT2D eigenvalue weighted by Gasteiger charge is -2.01. The van der Waals surface area contributed by atoms with E-state index in [2.05, 4.69) is 10.1 Å². The highest BCUT2D eigenvalue weighted by Gasteiger charge is 2.16. The molecule has 0 aliphatic rings. The van der Waals surface area contributed by atoms with Crippen LogP contribution in [0.5, 0.6) is 0 Å². The molecule has 5 nitrogen and oxygen atoms in total. The summed E-state index contributed by atoms with van der Waals surface area (Å²) in [7, 11) is 0. The van der Waals surface area contributed by atoms with E-state index >= 15 is 0 Å². The number of nitrogens with two attached hydrogens (primary N) is 1. The maximum Gasteiger partial charge on any atom is 0.175 e. The van der Waals surface area contributed by atoms with Crippen LogP contribution in [-0.2, 0) is 12.8 Å². The molecule has 96 valence electrons. The van der Waals surface area contributed by atoms with E-state index in [1.165, 1.54) is 0 Å². The summed E-state index contributed by atoms with van der Waals surface area (Å²) < 4.78 is 10.6. The molecule has 3 aromatic rings. The fourth-order valence-corrected chi connectivity index (χ4v) is 2.02. The maximum absolute atomic E-state index is 5.87. The van der Waals surface area contributed by atoms with Crippen molar-refractivity contribution in [2.75, 3.05) is 5.73 Å². The lowest BCUT2D eigenvalue weighted by atomic mass is 10.0. The van der Waals surface area contributed by atoms with E-state index in [1.807, 2.05) is 24.3 Å². The van der Waals surface area contributed by atoms with Gasteiger partial charge in [0.2, 0.25) is 0 Å². The van der Waals surface area contributed by atoms with Crippen molar-refractivity contribution in [2.45, 2.75) is 12.8 Å². The lowest BCUT2D eigenvalue weighted by Crippen LogP contribution is -1.93. The molecule has 0 aliphatic carbocycles. The molecule has 0 unspecified atom stereocenters. The molecular weight excluding hydrogens is 242 g/mol. The van der Waals surface area contributed by atoms with Crippen molar-refractivity contribution in [3.05, 3.63) is 54.4 Å². The van der Waals surface area contributed by atoms with Crippen molar-refractivity contribution in [3.63, 3.8) is 0 Å². The third kappa shape index (κ3) is 2.35. The van der Waals surface area contributed by atoms with Gasteiger partial charge in [-0.15, -0.1) is 0 Å². The van der Waals surface area contributed by atoms with Crippen LogP contribution in [0.4, 0.5) is 5.82 Å². The predicted molar refractivity (Wildman–Crippen MR) is 70.3 cm³/mol. The van der Waals surface area contributed by atoms with Crippen LogP contribution in [-0.4, -0.2) is 10.1 Å². The molecule has 5 heteroatoms. The first-order valence-electron chi connectivity index (χ1n) is 6.01. The second-order valence-electron chi connectivity index (χ2n) is 4.19. The third-order valence-electron chi connectivity index (χ3n) is 2.92. The van der Waals surface area contributed by atoms with Crippen molar-refractivity contribution in [3.8, 4) is 11.1 Å². The molecule has 0 spiro atoms. The van der Waals surface area contributed by atoms with Crippen LogP contribution in [0, 0.1) is 0 Å². The molecule has 2 N–H and O–H groups in total. The minimum atomic E-state index is 0.391. The Balaban J connectivity index is 1.87. The first-order valence-corrected chi connectivity index (χ1v) is 6.01. The normalized spacial score (nSPS) is 10.7. The summed E-state index contributed by atoms with van der Waals surface area (Å²) in [6, 6.07) is 7.60. The van der Waals surface area contributed by atoms with Gasteiger partial charge in [0.25, 0.3) is 0 Å². The molecule has 0 bridgehead atoms. The van der Waals surface area contributed by atoms with Crippen molar-refractivity contribution in [2.24, 2.45) is 0 Å². The molecule has 0 amide bonds. The van der Waals surface area contributed by atoms with E-state index in [9.17, 15) is 0 Å². The molecule has 19 heavy (non-hydrogen) atoms. The van der Waals surface area contributed by atoms with Crippen LogP contribution in [0.15, 0.2) is 51.9 Å². The van der Waals surface area contributed by atoms with Gasteiger partial charge in [-0.3, -0.25) is 4.98 Å². The predicted octanol–water partition coefficient (Wildman–Crippen LogP) is 2.70. The van der Waals surface area contributed by atoms with Gasteiger partial charge in [-0.2, -0.15) is 0 Å². The first-order chi connectivity index (χ1) is 9.34. The summed E-state index contributed by atoms with van der Waals surface area (Å²) >= 11 is 0. The summed E-state index contributed by atoms with van der Waals surface area (Å²) in [4.78, 5) is 4.09. The monoisotopic (exact) mass is 255 g/mol. The number of nitrogens with zero attached hydrogens (tertiary/aromatic N) is 2. The zero-order valence-electron chi connectivity index (χ0n) is 10.2. The van der Waals surface area contributed by atoms with Crippen LogP contribution in [0.1, 0.15) is 11.5 Å². The average Bonchev–Trinajstić information content (AvgIpc) is 3.07. The number of hydrogen-bond donors (Lipinski definition) is 1. The number of nitrogen functional groups attached to an aromatic ring is 1. The van der Waals surface area contributed by atoms with Gasteiger partial charge in [0.1, 0.15) is 11.5 Å². The molecule has 0 radical (unpaired) electrons. The van der Waals surface area contributed by atoms with Gasteiger partial charge in [0, 0.05) is 30.8 Å². The van der Waals surface area contributed by atoms with Crippen LogP contribution >= 0.6 is 0 Å². The Kier molecular flexibility index (Phi) is 3.02. The second-order valence-corrected chi connectivity index (χ2v) is 4.19. The number of furan rings is 1. The third-order valence-corrected chi connectivity index (χ3v) is 2.92. The summed E-state index contributed by atoms with van der Waals surface area (Å²) in [5, 5.41) is 3.84. The van der Waals surface area contributed by atoms with E-state index in [-0.39, 0.29) is 0 Å². The lowest BCUT2D eigenvalue weighted by molar-refractivity contribution is 0.382. The van der Waals surface area contributed by atoms with Gasteiger partial charge < -0.3 is 14.7 Å². The van der Waals surface area contributed by atoms with Gasteiger partial charge >= 0.3 is 0 Å². The van der Waals surface area contributed by atoms with Gasteiger partial charge in [0.15, 0.2) is 5.82 Å². The Bertz CT molecular complexity index is 645. The number of rotatable bonds is 4. The number of aryl methyl sites for hydroxylation is 2. The SMILES string of the molecule is Nc1noc(CCc2ccco2)c1-c1cccnc1. The fraction of sp³-hybridized carbons (Fsp3) is 0.143. The van der Waals surface area contributed by atoms with Gasteiger partial charge in [-0.25, -0.2) is 0 Å². The Morgan fingerprint density at radius 2 is 2.11 bits per heavy atom. The Morgan fingerprint density at radius 3 is 2.84 bits per heavy atom. The second kappa shape index (κ2) is 4.97. The zero-order valence-corrected chi connectivity index (χ0v) is 10.2. The summed E-state index contributed by atoms with van der Waals surface area (Å²) in [6.45, 7) is 0.